The van der Waals surface area contributed by atoms with Crippen molar-refractivity contribution in [2.24, 2.45) is 5.92 Å². The van der Waals surface area contributed by atoms with Gasteiger partial charge in [-0.05, 0) is 17.6 Å². The molecule has 0 aromatic heterocycles. The molecule has 0 spiro atoms. The maximum Gasteiger partial charge on any atom is 0.355 e. The first-order valence-corrected chi connectivity index (χ1v) is 8.87. The lowest BCUT2D eigenvalue weighted by Crippen LogP contribution is -2.47. The highest BCUT2D eigenvalue weighted by Gasteiger charge is 2.27. The van der Waals surface area contributed by atoms with E-state index < -0.39 is 36.4 Å². The van der Waals surface area contributed by atoms with Crippen LogP contribution in [0.3, 0.4) is 0 Å². The second kappa shape index (κ2) is 11.5. The maximum absolute atomic E-state index is 12.3. The molecule has 152 valence electrons. The van der Waals surface area contributed by atoms with Crippen molar-refractivity contribution in [2.75, 3.05) is 13.7 Å². The van der Waals surface area contributed by atoms with Crippen molar-refractivity contribution in [1.29, 1.82) is 0 Å². The zero-order valence-corrected chi connectivity index (χ0v) is 16.5. The van der Waals surface area contributed by atoms with Gasteiger partial charge in [0.2, 0.25) is 5.91 Å². The molecule has 0 bridgehead atoms. The Morgan fingerprint density at radius 1 is 1.14 bits per heavy atom. The SMILES string of the molecule is CC[C@@H](C)[C@@H](NC(=O)COC(=O)/C(=C/c1ccccc1)NC(C)=O)C(=O)OC. The fraction of sp³-hybridized carbons (Fsp3) is 0.400. The van der Waals surface area contributed by atoms with E-state index in [2.05, 4.69) is 10.6 Å². The van der Waals surface area contributed by atoms with E-state index in [1.807, 2.05) is 13.0 Å². The Morgan fingerprint density at radius 2 is 1.79 bits per heavy atom. The molecule has 2 atom stereocenters. The first-order valence-electron chi connectivity index (χ1n) is 8.87. The van der Waals surface area contributed by atoms with E-state index >= 15 is 0 Å². The molecule has 1 aromatic carbocycles. The van der Waals surface area contributed by atoms with Gasteiger partial charge in [0.25, 0.3) is 5.91 Å². The Labute approximate surface area is 164 Å². The third-order valence-electron chi connectivity index (χ3n) is 3.96. The Hall–Kier alpha value is -3.16. The van der Waals surface area contributed by atoms with Gasteiger partial charge in [-0.3, -0.25) is 9.59 Å². The minimum Gasteiger partial charge on any atom is -0.467 e. The van der Waals surface area contributed by atoms with E-state index in [0.717, 1.165) is 0 Å². The number of methoxy groups -OCH3 is 1. The summed E-state index contributed by atoms with van der Waals surface area (Å²) in [6.07, 6.45) is 2.09. The monoisotopic (exact) mass is 390 g/mol. The van der Waals surface area contributed by atoms with Crippen molar-refractivity contribution in [2.45, 2.75) is 33.2 Å². The highest BCUT2D eigenvalue weighted by atomic mass is 16.5. The molecular weight excluding hydrogens is 364 g/mol. The molecule has 0 aliphatic rings. The summed E-state index contributed by atoms with van der Waals surface area (Å²) < 4.78 is 9.67. The zero-order valence-electron chi connectivity index (χ0n) is 16.5. The highest BCUT2D eigenvalue weighted by Crippen LogP contribution is 2.10. The van der Waals surface area contributed by atoms with Gasteiger partial charge < -0.3 is 20.1 Å². The van der Waals surface area contributed by atoms with Crippen molar-refractivity contribution < 1.29 is 28.7 Å². The quantitative estimate of drug-likeness (QED) is 0.487. The molecule has 0 saturated carbocycles. The van der Waals surface area contributed by atoms with E-state index in [4.69, 9.17) is 9.47 Å². The van der Waals surface area contributed by atoms with Crippen LogP contribution in [0.4, 0.5) is 0 Å². The molecule has 0 aliphatic heterocycles. The Morgan fingerprint density at radius 3 is 2.32 bits per heavy atom. The standard InChI is InChI=1S/C20H26N2O6/c1-5-13(2)18(20(26)27-4)22-17(24)12-28-19(25)16(21-14(3)23)11-15-9-7-6-8-10-15/h6-11,13,18H,5,12H2,1-4H3,(H,21,23)(H,22,24)/b16-11-/t13-,18-/m1/s1. The number of benzene rings is 1. The predicted molar refractivity (Wildman–Crippen MR) is 103 cm³/mol. The molecule has 1 aromatic rings. The summed E-state index contributed by atoms with van der Waals surface area (Å²) in [5.41, 5.74) is 0.577. The highest BCUT2D eigenvalue weighted by molar-refractivity contribution is 5.98. The normalized spacial score (nSPS) is 13.1. The number of hydrogen-bond acceptors (Lipinski definition) is 6. The molecule has 0 aliphatic carbocycles. The predicted octanol–water partition coefficient (Wildman–Crippen LogP) is 1.41. The van der Waals surface area contributed by atoms with Gasteiger partial charge in [-0.1, -0.05) is 50.6 Å². The molecule has 0 fully saturated rings. The lowest BCUT2D eigenvalue weighted by atomic mass is 9.99. The van der Waals surface area contributed by atoms with Gasteiger partial charge in [-0.2, -0.15) is 0 Å². The van der Waals surface area contributed by atoms with E-state index in [-0.39, 0.29) is 11.6 Å². The first kappa shape index (κ1) is 22.9. The second-order valence-electron chi connectivity index (χ2n) is 6.18. The minimum atomic E-state index is -0.868. The van der Waals surface area contributed by atoms with E-state index in [1.54, 1.807) is 31.2 Å². The molecule has 1 rings (SSSR count). The number of amides is 2. The third-order valence-corrected chi connectivity index (χ3v) is 3.96. The van der Waals surface area contributed by atoms with Crippen LogP contribution in [0.5, 0.6) is 0 Å². The lowest BCUT2D eigenvalue weighted by molar-refractivity contribution is -0.149. The van der Waals surface area contributed by atoms with Crippen LogP contribution < -0.4 is 10.6 Å². The Kier molecular flexibility index (Phi) is 9.42. The van der Waals surface area contributed by atoms with Crippen LogP contribution in [-0.2, 0) is 28.7 Å². The van der Waals surface area contributed by atoms with Crippen LogP contribution in [0, 0.1) is 5.92 Å². The second-order valence-corrected chi connectivity index (χ2v) is 6.18. The van der Waals surface area contributed by atoms with Gasteiger partial charge in [0.15, 0.2) is 6.61 Å². The topological polar surface area (TPSA) is 111 Å². The van der Waals surface area contributed by atoms with Crippen LogP contribution in [0.15, 0.2) is 36.0 Å². The van der Waals surface area contributed by atoms with E-state index in [0.29, 0.717) is 12.0 Å². The number of nitrogens with one attached hydrogen (secondary N) is 2. The molecule has 8 nitrogen and oxygen atoms in total. The van der Waals surface area contributed by atoms with Crippen molar-refractivity contribution in [3.8, 4) is 0 Å². The molecule has 2 amide bonds. The van der Waals surface area contributed by atoms with Gasteiger partial charge >= 0.3 is 11.9 Å². The number of carbonyl (C=O) groups is 4. The molecule has 0 unspecified atom stereocenters. The molecule has 28 heavy (non-hydrogen) atoms. The summed E-state index contributed by atoms with van der Waals surface area (Å²) in [4.78, 5) is 47.6. The van der Waals surface area contributed by atoms with Crippen molar-refractivity contribution >= 4 is 29.8 Å². The fourth-order valence-electron chi connectivity index (χ4n) is 2.27. The minimum absolute atomic E-state index is 0.0991. The van der Waals surface area contributed by atoms with E-state index in [9.17, 15) is 19.2 Å². The molecule has 0 saturated heterocycles. The third kappa shape index (κ3) is 7.61. The van der Waals surface area contributed by atoms with Crippen molar-refractivity contribution in [3.63, 3.8) is 0 Å². The molecule has 8 heteroatoms. The number of rotatable bonds is 9. The number of ether oxygens (including phenoxy) is 2. The molecule has 0 heterocycles. The summed E-state index contributed by atoms with van der Waals surface area (Å²) >= 11 is 0. The Balaban J connectivity index is 2.77. The summed E-state index contributed by atoms with van der Waals surface area (Å²) in [5.74, 6) is -2.69. The number of esters is 2. The number of carbonyl (C=O) groups excluding carboxylic acids is 4. The van der Waals surface area contributed by atoms with Crippen LogP contribution in [0.1, 0.15) is 32.8 Å². The fourth-order valence-corrected chi connectivity index (χ4v) is 2.27. The average Bonchev–Trinajstić information content (AvgIpc) is 2.68. The summed E-state index contributed by atoms with van der Waals surface area (Å²) in [6.45, 7) is 4.33. The van der Waals surface area contributed by atoms with Crippen LogP contribution >= 0.6 is 0 Å². The van der Waals surface area contributed by atoms with Crippen molar-refractivity contribution in [1.82, 2.24) is 10.6 Å². The van der Waals surface area contributed by atoms with Gasteiger partial charge in [0.1, 0.15) is 11.7 Å². The van der Waals surface area contributed by atoms with E-state index in [1.165, 1.54) is 20.1 Å². The van der Waals surface area contributed by atoms with Gasteiger partial charge in [-0.15, -0.1) is 0 Å². The summed E-state index contributed by atoms with van der Waals surface area (Å²) in [6, 6.07) is 8.02. The summed E-state index contributed by atoms with van der Waals surface area (Å²) in [7, 11) is 1.23. The van der Waals surface area contributed by atoms with Gasteiger partial charge in [-0.25, -0.2) is 9.59 Å². The lowest BCUT2D eigenvalue weighted by Gasteiger charge is -2.21. The maximum atomic E-state index is 12.3. The first-order chi connectivity index (χ1) is 13.3. The average molecular weight is 390 g/mol. The largest absolute Gasteiger partial charge is 0.467 e. The summed E-state index contributed by atoms with van der Waals surface area (Å²) in [5, 5.41) is 4.89. The molecule has 2 N–H and O–H groups in total. The Bertz CT molecular complexity index is 729. The van der Waals surface area contributed by atoms with Gasteiger partial charge in [0, 0.05) is 6.92 Å². The van der Waals surface area contributed by atoms with Crippen LogP contribution in [0.25, 0.3) is 6.08 Å². The van der Waals surface area contributed by atoms with Crippen LogP contribution in [0.2, 0.25) is 0 Å². The molecule has 0 radical (unpaired) electrons. The smallest absolute Gasteiger partial charge is 0.355 e. The van der Waals surface area contributed by atoms with Crippen molar-refractivity contribution in [3.05, 3.63) is 41.6 Å². The number of hydrogen-bond donors (Lipinski definition) is 2. The van der Waals surface area contributed by atoms with Gasteiger partial charge in [0.05, 0.1) is 7.11 Å². The zero-order chi connectivity index (χ0) is 21.1. The molecular formula is C20H26N2O6. The van der Waals surface area contributed by atoms with Crippen LogP contribution in [-0.4, -0.2) is 43.5 Å².